The standard InChI is InChI=1S/C17H25N3O2S/c1-2-18-17(22)20-11-9-19(10-12-20)16(21)14-23-13-8-15-6-4-3-5-7-15/h3-7H,2,8-14H2,1H3,(H,18,22). The number of hydrogen-bond donors (Lipinski definition) is 1. The molecule has 23 heavy (non-hydrogen) atoms. The van der Waals surface area contributed by atoms with E-state index >= 15 is 0 Å². The molecule has 0 atom stereocenters. The molecule has 1 saturated heterocycles. The van der Waals surface area contributed by atoms with Gasteiger partial charge >= 0.3 is 6.03 Å². The molecule has 0 spiro atoms. The van der Waals surface area contributed by atoms with Crippen LogP contribution in [0.3, 0.4) is 0 Å². The Balaban J connectivity index is 1.62. The normalized spacial score (nSPS) is 14.7. The molecule has 0 bridgehead atoms. The van der Waals surface area contributed by atoms with Gasteiger partial charge in [-0.25, -0.2) is 4.79 Å². The zero-order valence-corrected chi connectivity index (χ0v) is 14.5. The van der Waals surface area contributed by atoms with Crippen molar-refractivity contribution in [1.29, 1.82) is 0 Å². The fourth-order valence-electron chi connectivity index (χ4n) is 2.51. The molecule has 1 aromatic carbocycles. The maximum absolute atomic E-state index is 12.2. The van der Waals surface area contributed by atoms with Crippen molar-refractivity contribution in [3.63, 3.8) is 0 Å². The first-order valence-corrected chi connectivity index (χ1v) is 9.28. The van der Waals surface area contributed by atoms with Crippen molar-refractivity contribution < 1.29 is 9.59 Å². The lowest BCUT2D eigenvalue weighted by atomic mass is 10.2. The van der Waals surface area contributed by atoms with Crippen LogP contribution in [0.5, 0.6) is 0 Å². The molecule has 0 radical (unpaired) electrons. The first kappa shape index (κ1) is 17.7. The first-order valence-electron chi connectivity index (χ1n) is 8.13. The Bertz CT molecular complexity index is 502. The number of nitrogens with zero attached hydrogens (tertiary/aromatic N) is 2. The number of thioether (sulfide) groups is 1. The van der Waals surface area contributed by atoms with Gasteiger partial charge in [-0.05, 0) is 24.7 Å². The van der Waals surface area contributed by atoms with Crippen molar-refractivity contribution in [3.8, 4) is 0 Å². The summed E-state index contributed by atoms with van der Waals surface area (Å²) in [4.78, 5) is 27.6. The number of benzene rings is 1. The van der Waals surface area contributed by atoms with E-state index in [1.54, 1.807) is 16.7 Å². The number of aryl methyl sites for hydroxylation is 1. The smallest absolute Gasteiger partial charge is 0.317 e. The largest absolute Gasteiger partial charge is 0.338 e. The lowest BCUT2D eigenvalue weighted by Crippen LogP contribution is -2.53. The third-order valence-electron chi connectivity index (χ3n) is 3.85. The molecule has 3 amide bonds. The number of hydrogen-bond acceptors (Lipinski definition) is 3. The van der Waals surface area contributed by atoms with Crippen molar-refractivity contribution in [2.75, 3.05) is 44.2 Å². The van der Waals surface area contributed by atoms with Crippen LogP contribution in [0.15, 0.2) is 30.3 Å². The highest BCUT2D eigenvalue weighted by Gasteiger charge is 2.23. The van der Waals surface area contributed by atoms with Crippen molar-refractivity contribution in [2.24, 2.45) is 0 Å². The Hall–Kier alpha value is -1.69. The van der Waals surface area contributed by atoms with Gasteiger partial charge in [0.1, 0.15) is 0 Å². The van der Waals surface area contributed by atoms with E-state index < -0.39 is 0 Å². The molecule has 1 heterocycles. The summed E-state index contributed by atoms with van der Waals surface area (Å²) in [5, 5.41) is 2.80. The third kappa shape index (κ3) is 5.78. The van der Waals surface area contributed by atoms with E-state index in [4.69, 9.17) is 0 Å². The van der Waals surface area contributed by atoms with Gasteiger partial charge in [-0.15, -0.1) is 0 Å². The van der Waals surface area contributed by atoms with Gasteiger partial charge in [0.2, 0.25) is 5.91 Å². The topological polar surface area (TPSA) is 52.7 Å². The second kappa shape index (κ2) is 9.45. The number of nitrogens with one attached hydrogen (secondary N) is 1. The first-order chi connectivity index (χ1) is 11.2. The molecule has 0 aromatic heterocycles. The lowest BCUT2D eigenvalue weighted by molar-refractivity contribution is -0.129. The molecule has 2 rings (SSSR count). The molecular formula is C17H25N3O2S. The van der Waals surface area contributed by atoms with E-state index in [9.17, 15) is 9.59 Å². The number of amides is 3. The van der Waals surface area contributed by atoms with Gasteiger partial charge in [-0.2, -0.15) is 11.8 Å². The van der Waals surface area contributed by atoms with Crippen LogP contribution in [-0.4, -0.2) is 66.0 Å². The van der Waals surface area contributed by atoms with Gasteiger partial charge in [-0.3, -0.25) is 4.79 Å². The second-order valence-corrected chi connectivity index (χ2v) is 6.60. The monoisotopic (exact) mass is 335 g/mol. The Labute approximate surface area is 142 Å². The van der Waals surface area contributed by atoms with Gasteiger partial charge < -0.3 is 15.1 Å². The molecule has 0 unspecified atom stereocenters. The predicted molar refractivity (Wildman–Crippen MR) is 94.7 cm³/mol. The van der Waals surface area contributed by atoms with Gasteiger partial charge in [0.15, 0.2) is 0 Å². The summed E-state index contributed by atoms with van der Waals surface area (Å²) < 4.78 is 0. The summed E-state index contributed by atoms with van der Waals surface area (Å²) in [5.74, 6) is 1.65. The summed E-state index contributed by atoms with van der Waals surface area (Å²) in [5.41, 5.74) is 1.31. The van der Waals surface area contributed by atoms with E-state index in [2.05, 4.69) is 17.4 Å². The molecule has 0 saturated carbocycles. The molecule has 6 heteroatoms. The second-order valence-electron chi connectivity index (χ2n) is 5.49. The van der Waals surface area contributed by atoms with Crippen LogP contribution in [0.25, 0.3) is 0 Å². The van der Waals surface area contributed by atoms with Crippen molar-refractivity contribution in [1.82, 2.24) is 15.1 Å². The van der Waals surface area contributed by atoms with E-state index in [0.29, 0.717) is 38.5 Å². The van der Waals surface area contributed by atoms with Crippen LogP contribution in [0.1, 0.15) is 12.5 Å². The molecule has 1 aromatic rings. The minimum Gasteiger partial charge on any atom is -0.338 e. The van der Waals surface area contributed by atoms with Gasteiger partial charge in [0.05, 0.1) is 5.75 Å². The Morgan fingerprint density at radius 1 is 1.09 bits per heavy atom. The van der Waals surface area contributed by atoms with E-state index in [1.807, 2.05) is 30.0 Å². The molecule has 1 fully saturated rings. The minimum absolute atomic E-state index is 0.0307. The minimum atomic E-state index is -0.0307. The third-order valence-corrected chi connectivity index (χ3v) is 4.79. The molecule has 0 aliphatic carbocycles. The van der Waals surface area contributed by atoms with Gasteiger partial charge in [0.25, 0.3) is 0 Å². The van der Waals surface area contributed by atoms with E-state index in [1.165, 1.54) is 5.56 Å². The quantitative estimate of drug-likeness (QED) is 0.807. The molecule has 1 aliphatic rings. The fourth-order valence-corrected chi connectivity index (χ4v) is 3.39. The number of carbonyl (C=O) groups excluding carboxylic acids is 2. The van der Waals surface area contributed by atoms with Crippen LogP contribution in [-0.2, 0) is 11.2 Å². The number of urea groups is 1. The Morgan fingerprint density at radius 3 is 2.39 bits per heavy atom. The molecule has 126 valence electrons. The van der Waals surface area contributed by atoms with Crippen molar-refractivity contribution in [2.45, 2.75) is 13.3 Å². The van der Waals surface area contributed by atoms with Crippen LogP contribution in [0.4, 0.5) is 4.79 Å². The Morgan fingerprint density at radius 2 is 1.74 bits per heavy atom. The van der Waals surface area contributed by atoms with Gasteiger partial charge in [0, 0.05) is 32.7 Å². The van der Waals surface area contributed by atoms with Crippen LogP contribution < -0.4 is 5.32 Å². The maximum atomic E-state index is 12.2. The highest BCUT2D eigenvalue weighted by atomic mass is 32.2. The van der Waals surface area contributed by atoms with Crippen LogP contribution in [0.2, 0.25) is 0 Å². The number of carbonyl (C=O) groups is 2. The van der Waals surface area contributed by atoms with Crippen LogP contribution >= 0.6 is 11.8 Å². The maximum Gasteiger partial charge on any atom is 0.317 e. The van der Waals surface area contributed by atoms with E-state index in [-0.39, 0.29) is 11.9 Å². The number of rotatable bonds is 6. The number of piperazine rings is 1. The fraction of sp³-hybridized carbons (Fsp3) is 0.529. The van der Waals surface area contributed by atoms with Crippen LogP contribution in [0, 0.1) is 0 Å². The molecule has 1 N–H and O–H groups in total. The lowest BCUT2D eigenvalue weighted by Gasteiger charge is -2.34. The summed E-state index contributed by atoms with van der Waals surface area (Å²) in [6, 6.07) is 10.3. The highest BCUT2D eigenvalue weighted by molar-refractivity contribution is 7.99. The summed E-state index contributed by atoms with van der Waals surface area (Å²) in [6.45, 7) is 5.04. The molecule has 5 nitrogen and oxygen atoms in total. The SMILES string of the molecule is CCNC(=O)N1CCN(C(=O)CSCCc2ccccc2)CC1. The summed E-state index contributed by atoms with van der Waals surface area (Å²) in [6.07, 6.45) is 0.990. The Kier molecular flexibility index (Phi) is 7.26. The van der Waals surface area contributed by atoms with E-state index in [0.717, 1.165) is 12.2 Å². The predicted octanol–water partition coefficient (Wildman–Crippen LogP) is 1.84. The average molecular weight is 335 g/mol. The summed E-state index contributed by atoms with van der Waals surface area (Å²) >= 11 is 1.68. The van der Waals surface area contributed by atoms with Crippen molar-refractivity contribution in [3.05, 3.63) is 35.9 Å². The molecular weight excluding hydrogens is 310 g/mol. The molecule has 1 aliphatic heterocycles. The zero-order chi connectivity index (χ0) is 16.5. The zero-order valence-electron chi connectivity index (χ0n) is 13.7. The van der Waals surface area contributed by atoms with Gasteiger partial charge in [-0.1, -0.05) is 30.3 Å². The highest BCUT2D eigenvalue weighted by Crippen LogP contribution is 2.10. The summed E-state index contributed by atoms with van der Waals surface area (Å²) in [7, 11) is 0. The van der Waals surface area contributed by atoms with Crippen molar-refractivity contribution >= 4 is 23.7 Å². The average Bonchev–Trinajstić information content (AvgIpc) is 2.60.